The summed E-state index contributed by atoms with van der Waals surface area (Å²) < 4.78 is 5.74. The molecule has 0 radical (unpaired) electrons. The lowest BCUT2D eigenvalue weighted by molar-refractivity contribution is -0.117. The third-order valence-corrected chi connectivity index (χ3v) is 6.93. The van der Waals surface area contributed by atoms with Gasteiger partial charge in [0.25, 0.3) is 11.8 Å². The van der Waals surface area contributed by atoms with Crippen LogP contribution in [0.15, 0.2) is 60.0 Å². The monoisotopic (exact) mass is 491 g/mol. The van der Waals surface area contributed by atoms with Crippen molar-refractivity contribution < 1.29 is 19.1 Å². The van der Waals surface area contributed by atoms with E-state index < -0.39 is 0 Å². The van der Waals surface area contributed by atoms with Crippen molar-refractivity contribution in [2.75, 3.05) is 30.3 Å². The molecule has 1 aromatic heterocycles. The maximum Gasteiger partial charge on any atom is 0.265 e. The van der Waals surface area contributed by atoms with Crippen LogP contribution in [-0.2, 0) is 9.53 Å². The maximum atomic E-state index is 13.5. The molecule has 35 heavy (non-hydrogen) atoms. The molecule has 2 heterocycles. The predicted octanol–water partition coefficient (Wildman–Crippen LogP) is 4.88. The molecule has 2 N–H and O–H groups in total. The quantitative estimate of drug-likeness (QED) is 0.470. The number of thiophene rings is 1. The van der Waals surface area contributed by atoms with Crippen LogP contribution < -0.4 is 10.6 Å². The topological polar surface area (TPSA) is 87.7 Å². The Morgan fingerprint density at radius 2 is 1.89 bits per heavy atom. The maximum absolute atomic E-state index is 13.5. The van der Waals surface area contributed by atoms with Gasteiger partial charge < -0.3 is 20.3 Å². The van der Waals surface area contributed by atoms with Crippen LogP contribution in [0, 0.1) is 13.8 Å². The molecule has 182 valence electrons. The molecule has 8 heteroatoms. The fourth-order valence-electron chi connectivity index (χ4n) is 4.02. The van der Waals surface area contributed by atoms with Gasteiger partial charge in [-0.3, -0.25) is 14.4 Å². The standard InChI is InChI=1S/C27H29N3O4S/c1-18-7-3-11-23(19(18)2)29-25(31)17-30(16-22-10-5-13-34-22)27(33)20-8-4-9-21(15-20)28-26(32)24-12-6-14-35-24/h3-4,6-9,11-12,14-15,22H,5,10,13,16-17H2,1-2H3,(H,28,32)(H,29,31). The van der Waals surface area contributed by atoms with Gasteiger partial charge in [-0.05, 0) is 73.5 Å². The summed E-state index contributed by atoms with van der Waals surface area (Å²) in [5.74, 6) is -0.787. The van der Waals surface area contributed by atoms with Crippen LogP contribution in [-0.4, -0.2) is 48.4 Å². The molecule has 1 unspecified atom stereocenters. The number of hydrogen-bond donors (Lipinski definition) is 2. The van der Waals surface area contributed by atoms with Crippen molar-refractivity contribution in [1.29, 1.82) is 0 Å². The average Bonchev–Trinajstić information content (AvgIpc) is 3.56. The number of ether oxygens (including phenoxy) is 1. The van der Waals surface area contributed by atoms with Crippen molar-refractivity contribution in [2.24, 2.45) is 0 Å². The molecule has 0 saturated carbocycles. The summed E-state index contributed by atoms with van der Waals surface area (Å²) in [6.45, 7) is 4.83. The largest absolute Gasteiger partial charge is 0.376 e. The first-order chi connectivity index (χ1) is 16.9. The van der Waals surface area contributed by atoms with Gasteiger partial charge in [-0.2, -0.15) is 0 Å². The lowest BCUT2D eigenvalue weighted by Gasteiger charge is -2.25. The van der Waals surface area contributed by atoms with Crippen molar-refractivity contribution in [3.63, 3.8) is 0 Å². The van der Waals surface area contributed by atoms with E-state index >= 15 is 0 Å². The van der Waals surface area contributed by atoms with E-state index in [1.807, 2.05) is 43.5 Å². The summed E-state index contributed by atoms with van der Waals surface area (Å²) in [4.78, 5) is 41.0. The van der Waals surface area contributed by atoms with Crippen molar-refractivity contribution in [2.45, 2.75) is 32.8 Å². The highest BCUT2D eigenvalue weighted by atomic mass is 32.1. The lowest BCUT2D eigenvalue weighted by Crippen LogP contribution is -2.42. The summed E-state index contributed by atoms with van der Waals surface area (Å²) in [6, 6.07) is 16.1. The molecule has 1 aliphatic heterocycles. The van der Waals surface area contributed by atoms with Gasteiger partial charge in [0, 0.05) is 30.1 Å². The molecule has 4 rings (SSSR count). The Hall–Kier alpha value is -3.49. The van der Waals surface area contributed by atoms with E-state index in [-0.39, 0.29) is 30.4 Å². The summed E-state index contributed by atoms with van der Waals surface area (Å²) in [5, 5.41) is 7.60. The van der Waals surface area contributed by atoms with Crippen molar-refractivity contribution in [3.8, 4) is 0 Å². The van der Waals surface area contributed by atoms with Crippen LogP contribution in [0.25, 0.3) is 0 Å². The van der Waals surface area contributed by atoms with Crippen molar-refractivity contribution in [3.05, 3.63) is 81.5 Å². The second-order valence-corrected chi connectivity index (χ2v) is 9.58. The Bertz CT molecular complexity index is 1200. The molecule has 2 aromatic carbocycles. The van der Waals surface area contributed by atoms with Gasteiger partial charge in [-0.25, -0.2) is 0 Å². The van der Waals surface area contributed by atoms with Crippen LogP contribution in [0.2, 0.25) is 0 Å². The van der Waals surface area contributed by atoms with E-state index in [0.717, 1.165) is 29.7 Å². The third-order valence-electron chi connectivity index (χ3n) is 6.06. The van der Waals surface area contributed by atoms with Crippen LogP contribution in [0.5, 0.6) is 0 Å². The van der Waals surface area contributed by atoms with Gasteiger partial charge >= 0.3 is 0 Å². The lowest BCUT2D eigenvalue weighted by atomic mass is 10.1. The average molecular weight is 492 g/mol. The van der Waals surface area contributed by atoms with Crippen LogP contribution in [0.4, 0.5) is 11.4 Å². The fourth-order valence-corrected chi connectivity index (χ4v) is 4.63. The highest BCUT2D eigenvalue weighted by Gasteiger charge is 2.26. The first-order valence-electron chi connectivity index (χ1n) is 11.6. The molecule has 1 atom stereocenters. The zero-order chi connectivity index (χ0) is 24.8. The van der Waals surface area contributed by atoms with Gasteiger partial charge in [-0.1, -0.05) is 24.3 Å². The van der Waals surface area contributed by atoms with Gasteiger partial charge in [0.2, 0.25) is 5.91 Å². The minimum atomic E-state index is -0.288. The molecule has 0 bridgehead atoms. The number of carbonyl (C=O) groups excluding carboxylic acids is 3. The summed E-state index contributed by atoms with van der Waals surface area (Å²) in [5.41, 5.74) is 3.72. The Morgan fingerprint density at radius 3 is 2.63 bits per heavy atom. The number of rotatable bonds is 8. The number of nitrogens with zero attached hydrogens (tertiary/aromatic N) is 1. The Labute approximate surface area is 209 Å². The van der Waals surface area contributed by atoms with Gasteiger partial charge in [0.15, 0.2) is 0 Å². The Kier molecular flexibility index (Phi) is 7.94. The highest BCUT2D eigenvalue weighted by Crippen LogP contribution is 2.20. The van der Waals surface area contributed by atoms with E-state index in [0.29, 0.717) is 29.3 Å². The van der Waals surface area contributed by atoms with Crippen LogP contribution in [0.3, 0.4) is 0 Å². The van der Waals surface area contributed by atoms with E-state index in [1.54, 1.807) is 30.3 Å². The molecule has 1 aliphatic rings. The molecule has 0 aliphatic carbocycles. The first-order valence-corrected chi connectivity index (χ1v) is 12.5. The smallest absolute Gasteiger partial charge is 0.265 e. The third kappa shape index (κ3) is 6.35. The number of benzene rings is 2. The number of anilines is 2. The van der Waals surface area contributed by atoms with Gasteiger partial charge in [0.1, 0.15) is 6.54 Å². The fraction of sp³-hybridized carbons (Fsp3) is 0.296. The normalized spacial score (nSPS) is 15.0. The van der Waals surface area contributed by atoms with Crippen LogP contribution in [0.1, 0.15) is 44.0 Å². The number of hydrogen-bond acceptors (Lipinski definition) is 5. The zero-order valence-corrected chi connectivity index (χ0v) is 20.7. The van der Waals surface area contributed by atoms with Gasteiger partial charge in [0.05, 0.1) is 11.0 Å². The first kappa shape index (κ1) is 24.6. The van der Waals surface area contributed by atoms with E-state index in [9.17, 15) is 14.4 Å². The molecule has 3 amide bonds. The van der Waals surface area contributed by atoms with E-state index in [4.69, 9.17) is 4.74 Å². The Balaban J connectivity index is 1.49. The predicted molar refractivity (Wildman–Crippen MR) is 138 cm³/mol. The molecular weight excluding hydrogens is 462 g/mol. The van der Waals surface area contributed by atoms with Gasteiger partial charge in [-0.15, -0.1) is 11.3 Å². The minimum absolute atomic E-state index is 0.0993. The molecule has 1 fully saturated rings. The summed E-state index contributed by atoms with van der Waals surface area (Å²) in [7, 11) is 0. The van der Waals surface area contributed by atoms with Crippen LogP contribution >= 0.6 is 11.3 Å². The SMILES string of the molecule is Cc1cccc(NC(=O)CN(CC2CCCO2)C(=O)c2cccc(NC(=O)c3cccs3)c2)c1C. The minimum Gasteiger partial charge on any atom is -0.376 e. The van der Waals surface area contributed by atoms with Crippen molar-refractivity contribution >= 4 is 40.4 Å². The summed E-state index contributed by atoms with van der Waals surface area (Å²) >= 11 is 1.35. The second-order valence-electron chi connectivity index (χ2n) is 8.63. The number of aryl methyl sites for hydroxylation is 1. The number of amides is 3. The molecular formula is C27H29N3O4S. The number of carbonyl (C=O) groups is 3. The van der Waals surface area contributed by atoms with Crippen molar-refractivity contribution in [1.82, 2.24) is 4.90 Å². The molecule has 3 aromatic rings. The van der Waals surface area contributed by atoms with E-state index in [1.165, 1.54) is 16.2 Å². The highest BCUT2D eigenvalue weighted by molar-refractivity contribution is 7.12. The molecule has 1 saturated heterocycles. The Morgan fingerprint density at radius 1 is 1.06 bits per heavy atom. The summed E-state index contributed by atoms with van der Waals surface area (Å²) in [6.07, 6.45) is 1.68. The molecule has 0 spiro atoms. The van der Waals surface area contributed by atoms with E-state index in [2.05, 4.69) is 10.6 Å². The zero-order valence-electron chi connectivity index (χ0n) is 19.9. The molecule has 7 nitrogen and oxygen atoms in total. The number of nitrogens with one attached hydrogen (secondary N) is 2. The second kappa shape index (κ2) is 11.3.